The maximum atomic E-state index is 12.4. The highest BCUT2D eigenvalue weighted by molar-refractivity contribution is 9.10. The summed E-state index contributed by atoms with van der Waals surface area (Å²) in [6, 6.07) is 2.22. The molecule has 0 saturated carbocycles. The summed E-state index contributed by atoms with van der Waals surface area (Å²) in [7, 11) is 0. The van der Waals surface area contributed by atoms with Crippen molar-refractivity contribution in [1.82, 2.24) is 19.6 Å². The van der Waals surface area contributed by atoms with Crippen molar-refractivity contribution in [2.45, 2.75) is 18.9 Å². The molecule has 21 heavy (non-hydrogen) atoms. The van der Waals surface area contributed by atoms with Crippen LogP contribution in [0, 0.1) is 5.92 Å². The van der Waals surface area contributed by atoms with Gasteiger partial charge in [-0.25, -0.2) is 4.98 Å². The zero-order valence-electron chi connectivity index (χ0n) is 11.6. The van der Waals surface area contributed by atoms with Crippen LogP contribution in [0.15, 0.2) is 29.1 Å². The Bertz CT molecular complexity index is 690. The molecule has 3 aliphatic rings. The Morgan fingerprint density at radius 3 is 2.90 bits per heavy atom. The van der Waals surface area contributed by atoms with Crippen LogP contribution in [0.1, 0.15) is 23.3 Å². The van der Waals surface area contributed by atoms with Crippen LogP contribution in [0.25, 0.3) is 5.52 Å². The van der Waals surface area contributed by atoms with Gasteiger partial charge in [-0.2, -0.15) is 0 Å². The van der Waals surface area contributed by atoms with Crippen LogP contribution < -0.4 is 5.32 Å². The number of nitrogens with one attached hydrogen (secondary N) is 1. The van der Waals surface area contributed by atoms with E-state index in [0.29, 0.717) is 11.6 Å². The second-order valence-corrected chi connectivity index (χ2v) is 6.80. The van der Waals surface area contributed by atoms with Gasteiger partial charge in [-0.05, 0) is 53.8 Å². The summed E-state index contributed by atoms with van der Waals surface area (Å²) in [5.41, 5.74) is 1.44. The molecule has 3 aliphatic heterocycles. The standard InChI is InChI=1S/C15H17BrN4O/c16-11-3-6-20-9-13(17-7-14(11)20)15(21)18-12-8-19-4-1-10(12)2-5-19/h3,6-7,9-10,12H,1-2,4-5,8H2,(H,18,21)/t12-/m0/s1. The number of carbonyl (C=O) groups excluding carboxylic acids is 1. The van der Waals surface area contributed by atoms with E-state index in [9.17, 15) is 4.79 Å². The summed E-state index contributed by atoms with van der Waals surface area (Å²) in [6.45, 7) is 3.34. The van der Waals surface area contributed by atoms with Crippen LogP contribution in [0.3, 0.4) is 0 Å². The van der Waals surface area contributed by atoms with E-state index in [2.05, 4.69) is 31.1 Å². The topological polar surface area (TPSA) is 49.6 Å². The molecule has 6 heteroatoms. The molecule has 0 unspecified atom stereocenters. The third kappa shape index (κ3) is 2.36. The van der Waals surface area contributed by atoms with E-state index in [1.165, 1.54) is 25.9 Å². The van der Waals surface area contributed by atoms with Crippen molar-refractivity contribution in [2.75, 3.05) is 19.6 Å². The number of halogens is 1. The predicted molar refractivity (Wildman–Crippen MR) is 83.3 cm³/mol. The SMILES string of the molecule is O=C(N[C@H]1CN2CCC1CC2)c1cn2ccc(Br)c2cn1. The second kappa shape index (κ2) is 5.10. The highest BCUT2D eigenvalue weighted by Gasteiger charge is 2.35. The number of hydrogen-bond donors (Lipinski definition) is 1. The van der Waals surface area contributed by atoms with E-state index < -0.39 is 0 Å². The molecule has 2 aromatic heterocycles. The maximum Gasteiger partial charge on any atom is 0.271 e. The zero-order valence-corrected chi connectivity index (χ0v) is 13.2. The number of piperidine rings is 3. The summed E-state index contributed by atoms with van der Waals surface area (Å²) >= 11 is 3.46. The number of fused-ring (bicyclic) bond motifs is 4. The van der Waals surface area contributed by atoms with Crippen LogP contribution in [-0.4, -0.2) is 45.9 Å². The molecule has 0 spiro atoms. The number of hydrogen-bond acceptors (Lipinski definition) is 3. The Kier molecular flexibility index (Phi) is 3.23. The molecule has 1 N–H and O–H groups in total. The van der Waals surface area contributed by atoms with Crippen molar-refractivity contribution in [3.8, 4) is 0 Å². The highest BCUT2D eigenvalue weighted by Crippen LogP contribution is 2.27. The molecular weight excluding hydrogens is 332 g/mol. The average molecular weight is 349 g/mol. The smallest absolute Gasteiger partial charge is 0.271 e. The first-order valence-electron chi connectivity index (χ1n) is 7.36. The predicted octanol–water partition coefficient (Wildman–Crippen LogP) is 1.92. The number of amides is 1. The normalized spacial score (nSPS) is 28.0. The Hall–Kier alpha value is -1.40. The largest absolute Gasteiger partial charge is 0.346 e. The Labute approximate surface area is 131 Å². The van der Waals surface area contributed by atoms with Gasteiger partial charge in [0.1, 0.15) is 5.69 Å². The summed E-state index contributed by atoms with van der Waals surface area (Å²) < 4.78 is 2.90. The molecule has 0 radical (unpaired) electrons. The van der Waals surface area contributed by atoms with Gasteiger partial charge in [0.2, 0.25) is 0 Å². The first-order chi connectivity index (χ1) is 10.2. The van der Waals surface area contributed by atoms with Gasteiger partial charge in [-0.1, -0.05) is 0 Å². The van der Waals surface area contributed by atoms with Crippen molar-refractivity contribution in [3.05, 3.63) is 34.8 Å². The van der Waals surface area contributed by atoms with E-state index in [1.54, 1.807) is 12.4 Å². The Balaban J connectivity index is 1.53. The number of aromatic nitrogens is 2. The van der Waals surface area contributed by atoms with E-state index in [0.717, 1.165) is 16.5 Å². The minimum atomic E-state index is -0.0690. The first kappa shape index (κ1) is 13.3. The fraction of sp³-hybridized carbons (Fsp3) is 0.467. The van der Waals surface area contributed by atoms with E-state index in [1.807, 2.05) is 16.7 Å². The number of nitrogens with zero attached hydrogens (tertiary/aromatic N) is 3. The van der Waals surface area contributed by atoms with Gasteiger partial charge < -0.3 is 14.6 Å². The van der Waals surface area contributed by atoms with Crippen molar-refractivity contribution >= 4 is 27.4 Å². The van der Waals surface area contributed by atoms with Crippen LogP contribution in [0.5, 0.6) is 0 Å². The van der Waals surface area contributed by atoms with Crippen LogP contribution >= 0.6 is 15.9 Å². The fourth-order valence-corrected chi connectivity index (χ4v) is 3.88. The Morgan fingerprint density at radius 2 is 2.19 bits per heavy atom. The lowest BCUT2D eigenvalue weighted by molar-refractivity contribution is 0.0617. The molecule has 0 aliphatic carbocycles. The second-order valence-electron chi connectivity index (χ2n) is 5.95. The van der Waals surface area contributed by atoms with Crippen LogP contribution in [-0.2, 0) is 0 Å². The number of carbonyl (C=O) groups is 1. The van der Waals surface area contributed by atoms with Gasteiger partial charge in [0.15, 0.2) is 0 Å². The van der Waals surface area contributed by atoms with Gasteiger partial charge in [-0.15, -0.1) is 0 Å². The molecule has 110 valence electrons. The van der Waals surface area contributed by atoms with Gasteiger partial charge in [0.25, 0.3) is 5.91 Å². The minimum absolute atomic E-state index is 0.0690. The lowest BCUT2D eigenvalue weighted by Gasteiger charge is -2.44. The molecule has 0 aromatic carbocycles. The molecular formula is C15H17BrN4O. The van der Waals surface area contributed by atoms with E-state index in [4.69, 9.17) is 0 Å². The van der Waals surface area contributed by atoms with Gasteiger partial charge in [-0.3, -0.25) is 4.79 Å². The first-order valence-corrected chi connectivity index (χ1v) is 8.15. The van der Waals surface area contributed by atoms with E-state index in [-0.39, 0.29) is 11.9 Å². The minimum Gasteiger partial charge on any atom is -0.346 e. The Morgan fingerprint density at radius 1 is 1.38 bits per heavy atom. The molecule has 5 rings (SSSR count). The van der Waals surface area contributed by atoms with Crippen molar-refractivity contribution in [1.29, 1.82) is 0 Å². The third-order valence-electron chi connectivity index (χ3n) is 4.70. The molecule has 1 atom stereocenters. The summed E-state index contributed by atoms with van der Waals surface area (Å²) in [5, 5.41) is 3.17. The van der Waals surface area contributed by atoms with Gasteiger partial charge >= 0.3 is 0 Å². The van der Waals surface area contributed by atoms with Gasteiger partial charge in [0.05, 0.1) is 11.7 Å². The maximum absolute atomic E-state index is 12.4. The molecule has 2 bridgehead atoms. The molecule has 1 amide bonds. The monoisotopic (exact) mass is 348 g/mol. The molecule has 5 nitrogen and oxygen atoms in total. The zero-order chi connectivity index (χ0) is 14.4. The lowest BCUT2D eigenvalue weighted by Crippen LogP contribution is -2.57. The molecule has 3 fully saturated rings. The molecule has 2 aromatic rings. The summed E-state index contributed by atoms with van der Waals surface area (Å²) in [4.78, 5) is 19.1. The van der Waals surface area contributed by atoms with Gasteiger partial charge in [0, 0.05) is 29.5 Å². The summed E-state index contributed by atoms with van der Waals surface area (Å²) in [5.74, 6) is 0.559. The average Bonchev–Trinajstić information content (AvgIpc) is 2.89. The van der Waals surface area contributed by atoms with Crippen molar-refractivity contribution < 1.29 is 4.79 Å². The molecule has 3 saturated heterocycles. The van der Waals surface area contributed by atoms with E-state index >= 15 is 0 Å². The fourth-order valence-electron chi connectivity index (χ4n) is 3.46. The molecule has 5 heterocycles. The quantitative estimate of drug-likeness (QED) is 0.901. The lowest BCUT2D eigenvalue weighted by atomic mass is 9.84. The van der Waals surface area contributed by atoms with Crippen molar-refractivity contribution in [2.24, 2.45) is 5.92 Å². The van der Waals surface area contributed by atoms with Crippen LogP contribution in [0.2, 0.25) is 0 Å². The van der Waals surface area contributed by atoms with Crippen molar-refractivity contribution in [3.63, 3.8) is 0 Å². The highest BCUT2D eigenvalue weighted by atomic mass is 79.9. The number of rotatable bonds is 2. The third-order valence-corrected chi connectivity index (χ3v) is 5.37. The summed E-state index contributed by atoms with van der Waals surface area (Å²) in [6.07, 6.45) is 7.84. The van der Waals surface area contributed by atoms with Crippen LogP contribution in [0.4, 0.5) is 0 Å².